The minimum absolute atomic E-state index is 0.142. The molecule has 1 unspecified atom stereocenters. The van der Waals surface area contributed by atoms with Gasteiger partial charge in [0.05, 0.1) is 5.88 Å². The standard InChI is InChI=1S/C12H16N4O4S/c1-14(2)11(19)8-5-21-6-16(8)10(18)7-4-13-12(20)15(3)9(7)17/h4,8H,5-6H2,1-3H3,(H,13,20). The zero-order valence-electron chi connectivity index (χ0n) is 12.0. The second kappa shape index (κ2) is 5.76. The fourth-order valence-electron chi connectivity index (χ4n) is 2.02. The third kappa shape index (κ3) is 2.73. The van der Waals surface area contributed by atoms with Gasteiger partial charge in [-0.15, -0.1) is 11.8 Å². The maximum atomic E-state index is 12.5. The molecular weight excluding hydrogens is 296 g/mol. The quantitative estimate of drug-likeness (QED) is 0.730. The van der Waals surface area contributed by atoms with Gasteiger partial charge in [0.25, 0.3) is 11.5 Å². The van der Waals surface area contributed by atoms with E-state index in [9.17, 15) is 19.2 Å². The number of H-pyrrole nitrogens is 1. The predicted molar refractivity (Wildman–Crippen MR) is 78.3 cm³/mol. The molecule has 0 bridgehead atoms. The number of aromatic nitrogens is 2. The first kappa shape index (κ1) is 15.4. The van der Waals surface area contributed by atoms with E-state index < -0.39 is 23.2 Å². The van der Waals surface area contributed by atoms with E-state index in [4.69, 9.17) is 0 Å². The third-order valence-electron chi connectivity index (χ3n) is 3.28. The third-order valence-corrected chi connectivity index (χ3v) is 4.29. The number of carbonyl (C=O) groups excluding carboxylic acids is 2. The summed E-state index contributed by atoms with van der Waals surface area (Å²) in [4.78, 5) is 53.0. The first-order valence-electron chi connectivity index (χ1n) is 6.23. The zero-order valence-corrected chi connectivity index (χ0v) is 12.8. The lowest BCUT2D eigenvalue weighted by Crippen LogP contribution is -2.48. The van der Waals surface area contributed by atoms with Crippen LogP contribution in [0.4, 0.5) is 0 Å². The SMILES string of the molecule is CN(C)C(=O)C1CSCN1C(=O)c1c[nH]c(=O)n(C)c1=O. The Hall–Kier alpha value is -2.03. The highest BCUT2D eigenvalue weighted by atomic mass is 32.2. The normalized spacial score (nSPS) is 17.9. The predicted octanol–water partition coefficient (Wildman–Crippen LogP) is -1.32. The van der Waals surface area contributed by atoms with E-state index in [2.05, 4.69) is 4.98 Å². The Balaban J connectivity index is 2.36. The Bertz CT molecular complexity index is 693. The van der Waals surface area contributed by atoms with E-state index >= 15 is 0 Å². The van der Waals surface area contributed by atoms with Crippen LogP contribution in [0, 0.1) is 0 Å². The molecule has 2 heterocycles. The van der Waals surface area contributed by atoms with Gasteiger partial charge in [0, 0.05) is 33.1 Å². The number of nitrogens with one attached hydrogen (secondary N) is 1. The maximum absolute atomic E-state index is 12.5. The molecule has 1 aliphatic heterocycles. The molecule has 9 heteroatoms. The number of amides is 2. The van der Waals surface area contributed by atoms with Gasteiger partial charge in [0.15, 0.2) is 0 Å². The van der Waals surface area contributed by atoms with E-state index in [1.54, 1.807) is 14.1 Å². The van der Waals surface area contributed by atoms with Crippen LogP contribution in [0.15, 0.2) is 15.8 Å². The first-order valence-corrected chi connectivity index (χ1v) is 7.38. The van der Waals surface area contributed by atoms with Crippen molar-refractivity contribution >= 4 is 23.6 Å². The van der Waals surface area contributed by atoms with Crippen LogP contribution in [-0.2, 0) is 11.8 Å². The van der Waals surface area contributed by atoms with Crippen LogP contribution in [-0.4, -0.2) is 62.9 Å². The average molecular weight is 312 g/mol. The molecule has 0 aliphatic carbocycles. The molecule has 1 aromatic heterocycles. The highest BCUT2D eigenvalue weighted by molar-refractivity contribution is 7.99. The van der Waals surface area contributed by atoms with Crippen LogP contribution in [0.5, 0.6) is 0 Å². The highest BCUT2D eigenvalue weighted by Gasteiger charge is 2.36. The number of hydrogen-bond donors (Lipinski definition) is 1. The monoisotopic (exact) mass is 312 g/mol. The summed E-state index contributed by atoms with van der Waals surface area (Å²) >= 11 is 1.45. The van der Waals surface area contributed by atoms with Crippen LogP contribution in [0.2, 0.25) is 0 Å². The van der Waals surface area contributed by atoms with Crippen molar-refractivity contribution < 1.29 is 9.59 Å². The van der Waals surface area contributed by atoms with E-state index in [-0.39, 0.29) is 11.5 Å². The molecule has 1 N–H and O–H groups in total. The number of thioether (sulfide) groups is 1. The lowest BCUT2D eigenvalue weighted by atomic mass is 10.2. The van der Waals surface area contributed by atoms with Crippen LogP contribution in [0.1, 0.15) is 10.4 Å². The Morgan fingerprint density at radius 1 is 1.38 bits per heavy atom. The van der Waals surface area contributed by atoms with Crippen molar-refractivity contribution in [3.05, 3.63) is 32.6 Å². The molecule has 1 fully saturated rings. The Morgan fingerprint density at radius 3 is 2.67 bits per heavy atom. The van der Waals surface area contributed by atoms with Crippen molar-refractivity contribution in [3.63, 3.8) is 0 Å². The second-order valence-corrected chi connectivity index (χ2v) is 5.89. The van der Waals surface area contributed by atoms with Gasteiger partial charge in [0.1, 0.15) is 11.6 Å². The lowest BCUT2D eigenvalue weighted by Gasteiger charge is -2.25. The maximum Gasteiger partial charge on any atom is 0.328 e. The molecule has 1 aliphatic rings. The molecule has 0 saturated carbocycles. The Kier molecular flexibility index (Phi) is 4.21. The molecule has 2 rings (SSSR count). The number of carbonyl (C=O) groups is 2. The van der Waals surface area contributed by atoms with E-state index in [1.165, 1.54) is 28.6 Å². The number of rotatable bonds is 2. The Morgan fingerprint density at radius 2 is 2.05 bits per heavy atom. The van der Waals surface area contributed by atoms with Gasteiger partial charge >= 0.3 is 5.69 Å². The van der Waals surface area contributed by atoms with Crippen LogP contribution >= 0.6 is 11.8 Å². The summed E-state index contributed by atoms with van der Waals surface area (Å²) in [6.07, 6.45) is 1.10. The molecule has 0 aromatic carbocycles. The Labute approximate surface area is 124 Å². The van der Waals surface area contributed by atoms with Crippen molar-refractivity contribution in [2.24, 2.45) is 7.05 Å². The van der Waals surface area contributed by atoms with Gasteiger partial charge in [-0.05, 0) is 0 Å². The van der Waals surface area contributed by atoms with Gasteiger partial charge in [0.2, 0.25) is 5.91 Å². The first-order chi connectivity index (χ1) is 9.84. The van der Waals surface area contributed by atoms with Gasteiger partial charge in [-0.3, -0.25) is 19.0 Å². The van der Waals surface area contributed by atoms with E-state index in [1.807, 2.05) is 0 Å². The van der Waals surface area contributed by atoms with Gasteiger partial charge < -0.3 is 14.8 Å². The fourth-order valence-corrected chi connectivity index (χ4v) is 3.16. The molecule has 114 valence electrons. The van der Waals surface area contributed by atoms with Crippen molar-refractivity contribution in [2.75, 3.05) is 25.7 Å². The van der Waals surface area contributed by atoms with Crippen LogP contribution in [0.3, 0.4) is 0 Å². The molecule has 1 atom stereocenters. The molecule has 1 saturated heterocycles. The number of hydrogen-bond acceptors (Lipinski definition) is 5. The number of aromatic amines is 1. The van der Waals surface area contributed by atoms with Crippen molar-refractivity contribution in [1.29, 1.82) is 0 Å². The average Bonchev–Trinajstić information content (AvgIpc) is 2.92. The molecule has 1 aromatic rings. The fraction of sp³-hybridized carbons (Fsp3) is 0.500. The van der Waals surface area contributed by atoms with Gasteiger partial charge in [-0.2, -0.15) is 0 Å². The van der Waals surface area contributed by atoms with Crippen molar-refractivity contribution in [1.82, 2.24) is 19.4 Å². The molecular formula is C12H16N4O4S. The van der Waals surface area contributed by atoms with E-state index in [0.717, 1.165) is 10.8 Å². The number of nitrogens with zero attached hydrogens (tertiary/aromatic N) is 3. The largest absolute Gasteiger partial charge is 0.347 e. The molecule has 21 heavy (non-hydrogen) atoms. The summed E-state index contributed by atoms with van der Waals surface area (Å²) in [5.41, 5.74) is -1.40. The topological polar surface area (TPSA) is 95.5 Å². The smallest absolute Gasteiger partial charge is 0.328 e. The summed E-state index contributed by atoms with van der Waals surface area (Å²) < 4.78 is 0.833. The summed E-state index contributed by atoms with van der Waals surface area (Å²) in [5.74, 6) is 0.101. The van der Waals surface area contributed by atoms with Gasteiger partial charge in [-0.25, -0.2) is 4.79 Å². The van der Waals surface area contributed by atoms with Crippen molar-refractivity contribution in [2.45, 2.75) is 6.04 Å². The van der Waals surface area contributed by atoms with Crippen LogP contribution in [0.25, 0.3) is 0 Å². The molecule has 2 amide bonds. The summed E-state index contributed by atoms with van der Waals surface area (Å²) in [6, 6.07) is -0.589. The van der Waals surface area contributed by atoms with Crippen molar-refractivity contribution in [3.8, 4) is 0 Å². The molecule has 8 nitrogen and oxygen atoms in total. The molecule has 0 spiro atoms. The lowest BCUT2D eigenvalue weighted by molar-refractivity contribution is -0.132. The van der Waals surface area contributed by atoms with Crippen LogP contribution < -0.4 is 11.2 Å². The number of likely N-dealkylation sites (N-methyl/N-ethyl adjacent to an activating group) is 1. The summed E-state index contributed by atoms with van der Waals surface area (Å²) in [6.45, 7) is 0. The van der Waals surface area contributed by atoms with Gasteiger partial charge in [-0.1, -0.05) is 0 Å². The zero-order chi connectivity index (χ0) is 15.7. The summed E-state index contributed by atoms with van der Waals surface area (Å²) in [7, 11) is 4.53. The highest BCUT2D eigenvalue weighted by Crippen LogP contribution is 2.23. The van der Waals surface area contributed by atoms with E-state index in [0.29, 0.717) is 11.6 Å². The minimum atomic E-state index is -0.670. The summed E-state index contributed by atoms with van der Waals surface area (Å²) in [5, 5.41) is 0. The molecule has 0 radical (unpaired) electrons. The second-order valence-electron chi connectivity index (χ2n) is 4.89. The minimum Gasteiger partial charge on any atom is -0.347 e.